The molecular formula is C13H24O6. The van der Waals surface area contributed by atoms with Gasteiger partial charge in [0.1, 0.15) is 0 Å². The van der Waals surface area contributed by atoms with Crippen LogP contribution in [-0.2, 0) is 19.1 Å². The molecule has 0 fully saturated rings. The SMILES string of the molecule is CC(C)OCCC(OC(C)C)C(C)(C(=O)O)C(=O)O. The Balaban J connectivity index is 4.98. The lowest BCUT2D eigenvalue weighted by Gasteiger charge is -2.31. The van der Waals surface area contributed by atoms with Crippen LogP contribution in [0.15, 0.2) is 0 Å². The lowest BCUT2D eigenvalue weighted by atomic mass is 9.82. The number of carboxylic acid groups (broad SMARTS) is 2. The summed E-state index contributed by atoms with van der Waals surface area (Å²) in [5.74, 6) is -2.81. The van der Waals surface area contributed by atoms with E-state index in [1.165, 1.54) is 6.92 Å². The molecule has 1 atom stereocenters. The van der Waals surface area contributed by atoms with Crippen molar-refractivity contribution < 1.29 is 29.3 Å². The zero-order valence-corrected chi connectivity index (χ0v) is 12.2. The van der Waals surface area contributed by atoms with Crippen molar-refractivity contribution in [3.63, 3.8) is 0 Å². The van der Waals surface area contributed by atoms with Gasteiger partial charge in [-0.1, -0.05) is 0 Å². The van der Waals surface area contributed by atoms with Crippen molar-refractivity contribution in [2.24, 2.45) is 5.41 Å². The highest BCUT2D eigenvalue weighted by molar-refractivity contribution is 5.98. The first-order chi connectivity index (χ1) is 8.62. The van der Waals surface area contributed by atoms with E-state index < -0.39 is 23.5 Å². The van der Waals surface area contributed by atoms with Crippen molar-refractivity contribution in [2.75, 3.05) is 6.61 Å². The van der Waals surface area contributed by atoms with Crippen molar-refractivity contribution in [2.45, 2.75) is 59.4 Å². The quantitative estimate of drug-likeness (QED) is 0.623. The molecule has 0 saturated heterocycles. The van der Waals surface area contributed by atoms with E-state index in [4.69, 9.17) is 9.47 Å². The van der Waals surface area contributed by atoms with E-state index >= 15 is 0 Å². The summed E-state index contributed by atoms with van der Waals surface area (Å²) in [6, 6.07) is 0. The van der Waals surface area contributed by atoms with Crippen molar-refractivity contribution in [1.82, 2.24) is 0 Å². The molecule has 0 heterocycles. The highest BCUT2D eigenvalue weighted by Crippen LogP contribution is 2.29. The molecule has 6 heteroatoms. The Morgan fingerprint density at radius 1 is 1.05 bits per heavy atom. The molecule has 0 bridgehead atoms. The predicted molar refractivity (Wildman–Crippen MR) is 69.1 cm³/mol. The van der Waals surface area contributed by atoms with Crippen molar-refractivity contribution in [3.05, 3.63) is 0 Å². The van der Waals surface area contributed by atoms with Gasteiger partial charge in [-0.25, -0.2) is 0 Å². The molecule has 1 unspecified atom stereocenters. The van der Waals surface area contributed by atoms with Gasteiger partial charge in [-0.3, -0.25) is 9.59 Å². The Morgan fingerprint density at radius 3 is 1.84 bits per heavy atom. The summed E-state index contributed by atoms with van der Waals surface area (Å²) in [7, 11) is 0. The smallest absolute Gasteiger partial charge is 0.323 e. The second-order valence-corrected chi connectivity index (χ2v) is 5.19. The normalized spacial score (nSPS) is 13.8. The molecule has 0 saturated carbocycles. The first-order valence-corrected chi connectivity index (χ1v) is 6.36. The van der Waals surface area contributed by atoms with Crippen LogP contribution in [0, 0.1) is 5.41 Å². The number of aliphatic carboxylic acids is 2. The number of ether oxygens (including phenoxy) is 2. The van der Waals surface area contributed by atoms with Crippen LogP contribution in [0.4, 0.5) is 0 Å². The molecule has 0 spiro atoms. The number of carbonyl (C=O) groups is 2. The average Bonchev–Trinajstić information content (AvgIpc) is 2.24. The van der Waals surface area contributed by atoms with Gasteiger partial charge in [-0.15, -0.1) is 0 Å². The lowest BCUT2D eigenvalue weighted by Crippen LogP contribution is -2.49. The fourth-order valence-corrected chi connectivity index (χ4v) is 1.60. The molecular weight excluding hydrogens is 252 g/mol. The molecule has 0 aliphatic carbocycles. The monoisotopic (exact) mass is 276 g/mol. The maximum Gasteiger partial charge on any atom is 0.323 e. The minimum absolute atomic E-state index is 0.000567. The van der Waals surface area contributed by atoms with Crippen LogP contribution >= 0.6 is 0 Å². The summed E-state index contributed by atoms with van der Waals surface area (Å²) in [5, 5.41) is 18.4. The number of hydrogen-bond acceptors (Lipinski definition) is 4. The summed E-state index contributed by atoms with van der Waals surface area (Å²) < 4.78 is 10.8. The van der Waals surface area contributed by atoms with Crippen LogP contribution in [0.3, 0.4) is 0 Å². The van der Waals surface area contributed by atoms with E-state index in [0.717, 1.165) is 0 Å². The summed E-state index contributed by atoms with van der Waals surface area (Å²) in [6.45, 7) is 8.60. The van der Waals surface area contributed by atoms with Crippen molar-refractivity contribution in [1.29, 1.82) is 0 Å². The Morgan fingerprint density at radius 2 is 1.53 bits per heavy atom. The number of hydrogen-bond donors (Lipinski definition) is 2. The zero-order chi connectivity index (χ0) is 15.2. The summed E-state index contributed by atoms with van der Waals surface area (Å²) in [4.78, 5) is 22.6. The van der Waals surface area contributed by atoms with E-state index in [9.17, 15) is 19.8 Å². The number of rotatable bonds is 9. The lowest BCUT2D eigenvalue weighted by molar-refractivity contribution is -0.179. The molecule has 112 valence electrons. The van der Waals surface area contributed by atoms with Crippen LogP contribution in [0.1, 0.15) is 41.0 Å². The number of carboxylic acids is 2. The fourth-order valence-electron chi connectivity index (χ4n) is 1.60. The molecule has 0 radical (unpaired) electrons. The van der Waals surface area contributed by atoms with Crippen LogP contribution in [0.5, 0.6) is 0 Å². The third kappa shape index (κ3) is 5.16. The van der Waals surface area contributed by atoms with Crippen molar-refractivity contribution >= 4 is 11.9 Å². The molecule has 2 N–H and O–H groups in total. The van der Waals surface area contributed by atoms with Crippen LogP contribution in [0.2, 0.25) is 0 Å². The third-order valence-electron chi connectivity index (χ3n) is 2.80. The van der Waals surface area contributed by atoms with Gasteiger partial charge in [0.2, 0.25) is 0 Å². The first-order valence-electron chi connectivity index (χ1n) is 6.36. The molecule has 0 aliphatic heterocycles. The Hall–Kier alpha value is -1.14. The van der Waals surface area contributed by atoms with Crippen LogP contribution < -0.4 is 0 Å². The van der Waals surface area contributed by atoms with Gasteiger partial charge in [0, 0.05) is 6.61 Å². The highest BCUT2D eigenvalue weighted by atomic mass is 16.5. The summed E-state index contributed by atoms with van der Waals surface area (Å²) >= 11 is 0. The van der Waals surface area contributed by atoms with E-state index in [-0.39, 0.29) is 25.2 Å². The van der Waals surface area contributed by atoms with Gasteiger partial charge in [0.25, 0.3) is 0 Å². The Labute approximate surface area is 113 Å². The van der Waals surface area contributed by atoms with E-state index in [0.29, 0.717) is 0 Å². The van der Waals surface area contributed by atoms with Crippen LogP contribution in [0.25, 0.3) is 0 Å². The van der Waals surface area contributed by atoms with Crippen molar-refractivity contribution in [3.8, 4) is 0 Å². The maximum absolute atomic E-state index is 11.3. The molecule has 0 aromatic heterocycles. The molecule has 0 aromatic rings. The molecule has 0 rings (SSSR count). The van der Waals surface area contributed by atoms with Crippen LogP contribution in [-0.4, -0.2) is 47.1 Å². The Kier molecular flexibility index (Phi) is 7.00. The Bertz CT molecular complexity index is 296. The summed E-state index contributed by atoms with van der Waals surface area (Å²) in [5.41, 5.74) is -1.98. The van der Waals surface area contributed by atoms with Gasteiger partial charge in [-0.2, -0.15) is 0 Å². The molecule has 19 heavy (non-hydrogen) atoms. The average molecular weight is 276 g/mol. The van der Waals surface area contributed by atoms with Gasteiger partial charge in [0.05, 0.1) is 18.3 Å². The topological polar surface area (TPSA) is 93.1 Å². The predicted octanol–water partition coefficient (Wildman–Crippen LogP) is 1.77. The van der Waals surface area contributed by atoms with E-state index in [1.807, 2.05) is 13.8 Å². The van der Waals surface area contributed by atoms with E-state index in [2.05, 4.69) is 0 Å². The molecule has 6 nitrogen and oxygen atoms in total. The largest absolute Gasteiger partial charge is 0.480 e. The fraction of sp³-hybridized carbons (Fsp3) is 0.846. The maximum atomic E-state index is 11.3. The zero-order valence-electron chi connectivity index (χ0n) is 12.2. The van der Waals surface area contributed by atoms with Gasteiger partial charge in [-0.05, 0) is 41.0 Å². The minimum atomic E-state index is -1.98. The summed E-state index contributed by atoms with van der Waals surface area (Å²) in [6.07, 6.45) is -0.991. The standard InChI is InChI=1S/C13H24O6/c1-8(2)18-7-6-10(19-9(3)4)13(5,11(14)15)12(16)17/h8-10H,6-7H2,1-5H3,(H,14,15)(H,16,17). The third-order valence-corrected chi connectivity index (χ3v) is 2.80. The molecule has 0 aliphatic rings. The second kappa shape index (κ2) is 7.45. The molecule has 0 amide bonds. The minimum Gasteiger partial charge on any atom is -0.480 e. The van der Waals surface area contributed by atoms with Gasteiger partial charge in [0.15, 0.2) is 5.41 Å². The second-order valence-electron chi connectivity index (χ2n) is 5.19. The molecule has 0 aromatic carbocycles. The van der Waals surface area contributed by atoms with Gasteiger partial charge >= 0.3 is 11.9 Å². The van der Waals surface area contributed by atoms with Gasteiger partial charge < -0.3 is 19.7 Å². The van der Waals surface area contributed by atoms with E-state index in [1.54, 1.807) is 13.8 Å². The first kappa shape index (κ1) is 17.9. The highest BCUT2D eigenvalue weighted by Gasteiger charge is 2.49.